The molecule has 1 aromatic heterocycles. The molecule has 76 valence electrons. The Morgan fingerprint density at radius 3 is 2.53 bits per heavy atom. The fraction of sp³-hybridized carbons (Fsp3) is 0.0909. The van der Waals surface area contributed by atoms with Gasteiger partial charge in [0.05, 0.1) is 12.3 Å². The lowest BCUT2D eigenvalue weighted by Gasteiger charge is -2.01. The molecule has 0 spiro atoms. The van der Waals surface area contributed by atoms with E-state index in [4.69, 9.17) is 16.7 Å². The zero-order chi connectivity index (χ0) is 10.7. The average Bonchev–Trinajstić information content (AvgIpc) is 2.30. The Kier molecular flexibility index (Phi) is 2.94. The maximum absolute atomic E-state index is 8.94. The van der Waals surface area contributed by atoms with Crippen LogP contribution >= 0.6 is 11.6 Å². The Balaban J connectivity index is 2.40. The molecule has 3 nitrogen and oxygen atoms in total. The predicted octanol–water partition coefficient (Wildman–Crippen LogP) is 2.29. The molecule has 0 amide bonds. The molecule has 0 unspecified atom stereocenters. The standard InChI is InChI=1S/C11H9ClN2O/c12-9-3-1-8(2-4-9)11-13-6-5-10(7-15)14-11/h1-6,15H,7H2. The number of benzene rings is 1. The third-order valence-corrected chi connectivity index (χ3v) is 2.23. The van der Waals surface area contributed by atoms with E-state index in [0.29, 0.717) is 16.5 Å². The molecule has 0 aliphatic heterocycles. The summed E-state index contributed by atoms with van der Waals surface area (Å²) in [4.78, 5) is 8.31. The van der Waals surface area contributed by atoms with Gasteiger partial charge in [0.25, 0.3) is 0 Å². The summed E-state index contributed by atoms with van der Waals surface area (Å²) in [6, 6.07) is 8.94. The molecule has 2 rings (SSSR count). The highest BCUT2D eigenvalue weighted by Gasteiger charge is 2.01. The van der Waals surface area contributed by atoms with E-state index in [1.54, 1.807) is 24.4 Å². The van der Waals surface area contributed by atoms with Crippen LogP contribution in [0.5, 0.6) is 0 Å². The van der Waals surface area contributed by atoms with Crippen molar-refractivity contribution < 1.29 is 5.11 Å². The Morgan fingerprint density at radius 2 is 1.87 bits per heavy atom. The van der Waals surface area contributed by atoms with Gasteiger partial charge >= 0.3 is 0 Å². The van der Waals surface area contributed by atoms with Gasteiger partial charge in [0.1, 0.15) is 0 Å². The fourth-order valence-electron chi connectivity index (χ4n) is 1.22. The molecule has 0 aliphatic rings. The second kappa shape index (κ2) is 4.38. The minimum atomic E-state index is -0.0802. The number of hydrogen-bond acceptors (Lipinski definition) is 3. The third kappa shape index (κ3) is 2.32. The minimum Gasteiger partial charge on any atom is -0.390 e. The number of nitrogens with zero attached hydrogens (tertiary/aromatic N) is 2. The molecule has 1 N–H and O–H groups in total. The number of hydrogen-bond donors (Lipinski definition) is 1. The highest BCUT2D eigenvalue weighted by molar-refractivity contribution is 6.30. The van der Waals surface area contributed by atoms with Crippen LogP contribution in [-0.4, -0.2) is 15.1 Å². The largest absolute Gasteiger partial charge is 0.390 e. The Labute approximate surface area is 92.4 Å². The van der Waals surface area contributed by atoms with Crippen molar-refractivity contribution in [2.75, 3.05) is 0 Å². The molecule has 0 aliphatic carbocycles. The second-order valence-electron chi connectivity index (χ2n) is 3.04. The van der Waals surface area contributed by atoms with Crippen LogP contribution in [0.3, 0.4) is 0 Å². The van der Waals surface area contributed by atoms with E-state index in [1.165, 1.54) is 0 Å². The average molecular weight is 221 g/mol. The van der Waals surface area contributed by atoms with E-state index in [-0.39, 0.29) is 6.61 Å². The van der Waals surface area contributed by atoms with E-state index in [9.17, 15) is 0 Å². The first kappa shape index (κ1) is 10.1. The molecule has 4 heteroatoms. The molecule has 1 aromatic carbocycles. The van der Waals surface area contributed by atoms with Gasteiger partial charge < -0.3 is 5.11 Å². The Bertz CT molecular complexity index is 456. The third-order valence-electron chi connectivity index (χ3n) is 1.98. The highest BCUT2D eigenvalue weighted by atomic mass is 35.5. The van der Waals surface area contributed by atoms with Crippen molar-refractivity contribution in [1.29, 1.82) is 0 Å². The first-order valence-corrected chi connectivity index (χ1v) is 4.86. The first-order valence-electron chi connectivity index (χ1n) is 4.48. The molecule has 0 saturated carbocycles. The van der Waals surface area contributed by atoms with E-state index in [1.807, 2.05) is 12.1 Å². The number of rotatable bonds is 2. The molecule has 1 heterocycles. The fourth-order valence-corrected chi connectivity index (χ4v) is 1.35. The van der Waals surface area contributed by atoms with Crippen LogP contribution in [0, 0.1) is 0 Å². The molecule has 0 fully saturated rings. The summed E-state index contributed by atoms with van der Waals surface area (Å²) in [5, 5.41) is 9.62. The van der Waals surface area contributed by atoms with E-state index >= 15 is 0 Å². The van der Waals surface area contributed by atoms with Crippen LogP contribution in [-0.2, 0) is 6.61 Å². The molecule has 15 heavy (non-hydrogen) atoms. The smallest absolute Gasteiger partial charge is 0.159 e. The summed E-state index contributed by atoms with van der Waals surface area (Å²) in [6.07, 6.45) is 1.63. The highest BCUT2D eigenvalue weighted by Crippen LogP contribution is 2.17. The topological polar surface area (TPSA) is 46.0 Å². The molecule has 0 saturated heterocycles. The number of aliphatic hydroxyl groups is 1. The molecule has 0 radical (unpaired) electrons. The van der Waals surface area contributed by atoms with Crippen molar-refractivity contribution in [1.82, 2.24) is 9.97 Å². The van der Waals surface area contributed by atoms with Gasteiger partial charge in [0, 0.05) is 16.8 Å². The summed E-state index contributed by atoms with van der Waals surface area (Å²) in [6.45, 7) is -0.0802. The van der Waals surface area contributed by atoms with Crippen molar-refractivity contribution in [2.45, 2.75) is 6.61 Å². The van der Waals surface area contributed by atoms with Gasteiger partial charge in [0.2, 0.25) is 0 Å². The summed E-state index contributed by atoms with van der Waals surface area (Å²) < 4.78 is 0. The summed E-state index contributed by atoms with van der Waals surface area (Å²) in [5.74, 6) is 0.596. The monoisotopic (exact) mass is 220 g/mol. The van der Waals surface area contributed by atoms with Crippen LogP contribution < -0.4 is 0 Å². The van der Waals surface area contributed by atoms with Gasteiger partial charge in [-0.3, -0.25) is 0 Å². The van der Waals surface area contributed by atoms with Crippen molar-refractivity contribution in [3.63, 3.8) is 0 Å². The van der Waals surface area contributed by atoms with Crippen LogP contribution in [0.4, 0.5) is 0 Å². The van der Waals surface area contributed by atoms with Gasteiger partial charge in [-0.1, -0.05) is 11.6 Å². The molecule has 0 atom stereocenters. The van der Waals surface area contributed by atoms with Crippen molar-refractivity contribution >= 4 is 11.6 Å². The van der Waals surface area contributed by atoms with Gasteiger partial charge in [-0.25, -0.2) is 9.97 Å². The van der Waals surface area contributed by atoms with E-state index in [2.05, 4.69) is 9.97 Å². The number of aromatic nitrogens is 2. The van der Waals surface area contributed by atoms with Crippen molar-refractivity contribution in [3.8, 4) is 11.4 Å². The number of aliphatic hydroxyl groups excluding tert-OH is 1. The van der Waals surface area contributed by atoms with Gasteiger partial charge in [-0.05, 0) is 30.3 Å². The lowest BCUT2D eigenvalue weighted by molar-refractivity contribution is 0.277. The summed E-state index contributed by atoms with van der Waals surface area (Å²) in [7, 11) is 0. The maximum Gasteiger partial charge on any atom is 0.159 e. The van der Waals surface area contributed by atoms with E-state index in [0.717, 1.165) is 5.56 Å². The van der Waals surface area contributed by atoms with Crippen LogP contribution in [0.2, 0.25) is 5.02 Å². The lowest BCUT2D eigenvalue weighted by Crippen LogP contribution is -1.94. The SMILES string of the molecule is OCc1ccnc(-c2ccc(Cl)cc2)n1. The zero-order valence-electron chi connectivity index (χ0n) is 7.89. The van der Waals surface area contributed by atoms with Crippen LogP contribution in [0.25, 0.3) is 11.4 Å². The minimum absolute atomic E-state index is 0.0802. The van der Waals surface area contributed by atoms with Crippen molar-refractivity contribution in [2.24, 2.45) is 0 Å². The Morgan fingerprint density at radius 1 is 1.13 bits per heavy atom. The van der Waals surface area contributed by atoms with Crippen molar-refractivity contribution in [3.05, 3.63) is 47.2 Å². The van der Waals surface area contributed by atoms with Crippen LogP contribution in [0.15, 0.2) is 36.5 Å². The van der Waals surface area contributed by atoms with Gasteiger partial charge in [-0.15, -0.1) is 0 Å². The molecular formula is C11H9ClN2O. The zero-order valence-corrected chi connectivity index (χ0v) is 8.65. The lowest BCUT2D eigenvalue weighted by atomic mass is 10.2. The van der Waals surface area contributed by atoms with Gasteiger partial charge in [-0.2, -0.15) is 0 Å². The normalized spacial score (nSPS) is 10.3. The van der Waals surface area contributed by atoms with Crippen LogP contribution in [0.1, 0.15) is 5.69 Å². The molecule has 0 bridgehead atoms. The second-order valence-corrected chi connectivity index (χ2v) is 3.47. The molecular weight excluding hydrogens is 212 g/mol. The number of halogens is 1. The van der Waals surface area contributed by atoms with E-state index < -0.39 is 0 Å². The van der Waals surface area contributed by atoms with Gasteiger partial charge in [0.15, 0.2) is 5.82 Å². The maximum atomic E-state index is 8.94. The molecule has 2 aromatic rings. The quantitative estimate of drug-likeness (QED) is 0.845. The summed E-state index contributed by atoms with van der Waals surface area (Å²) in [5.41, 5.74) is 1.49. The predicted molar refractivity (Wildman–Crippen MR) is 58.4 cm³/mol. The summed E-state index contributed by atoms with van der Waals surface area (Å²) >= 11 is 5.78. The first-order chi connectivity index (χ1) is 7.29. The Hall–Kier alpha value is -1.45.